The Labute approximate surface area is 289 Å². The molecule has 0 saturated heterocycles. The topological polar surface area (TPSA) is 21.1 Å². The first-order valence-corrected chi connectivity index (χ1v) is 17.4. The van der Waals surface area contributed by atoms with Crippen LogP contribution in [-0.4, -0.2) is 15.6 Å². The van der Waals surface area contributed by atoms with E-state index in [4.69, 9.17) is 0 Å². The van der Waals surface area contributed by atoms with E-state index in [0.717, 1.165) is 6.42 Å². The summed E-state index contributed by atoms with van der Waals surface area (Å²) in [5, 5.41) is 10.3. The van der Waals surface area contributed by atoms with Gasteiger partial charge in [-0.25, -0.2) is 0 Å². The monoisotopic (exact) mass is 637 g/mol. The molecule has 7 aromatic carbocycles. The zero-order chi connectivity index (χ0) is 32.8. The van der Waals surface area contributed by atoms with Gasteiger partial charge in [0.1, 0.15) is 0 Å². The predicted octanol–water partition coefficient (Wildman–Crippen LogP) is 12.0. The van der Waals surface area contributed by atoms with Gasteiger partial charge in [-0.3, -0.25) is 4.98 Å². The molecule has 0 fully saturated rings. The molecule has 0 radical (unpaired) electrons. The molecule has 0 amide bonds. The average molecular weight is 638 g/mol. The molecule has 1 atom stereocenters. The van der Waals surface area contributed by atoms with Crippen LogP contribution in [0.5, 0.6) is 0 Å². The van der Waals surface area contributed by atoms with Crippen molar-refractivity contribution in [2.75, 3.05) is 4.90 Å². The van der Waals surface area contributed by atoms with E-state index >= 15 is 0 Å². The summed E-state index contributed by atoms with van der Waals surface area (Å²) in [7, 11) is 0. The van der Waals surface area contributed by atoms with Gasteiger partial charge in [0.05, 0.1) is 17.1 Å². The molecule has 1 aliphatic carbocycles. The number of nitrogens with zero attached hydrogens (tertiary/aromatic N) is 3. The zero-order valence-corrected chi connectivity index (χ0v) is 27.3. The van der Waals surface area contributed by atoms with Gasteiger partial charge in [0.2, 0.25) is 0 Å². The van der Waals surface area contributed by atoms with E-state index in [1.54, 1.807) is 0 Å². The lowest BCUT2D eigenvalue weighted by molar-refractivity contribution is 0.840. The lowest BCUT2D eigenvalue weighted by atomic mass is 9.87. The summed E-state index contributed by atoms with van der Waals surface area (Å²) in [6.07, 6.45) is 9.41. The van der Waals surface area contributed by atoms with Crippen molar-refractivity contribution in [3.05, 3.63) is 181 Å². The summed E-state index contributed by atoms with van der Waals surface area (Å²) < 4.78 is 2.45. The van der Waals surface area contributed by atoms with Crippen LogP contribution in [0.2, 0.25) is 0 Å². The maximum atomic E-state index is 4.30. The maximum Gasteiger partial charge on any atom is 0.0638 e. The molecule has 2 aromatic heterocycles. The zero-order valence-electron chi connectivity index (χ0n) is 27.3. The van der Waals surface area contributed by atoms with Crippen LogP contribution >= 0.6 is 0 Å². The number of para-hydroxylation sites is 2. The van der Waals surface area contributed by atoms with E-state index in [-0.39, 0.29) is 6.04 Å². The van der Waals surface area contributed by atoms with Crippen LogP contribution in [-0.2, 0) is 0 Å². The van der Waals surface area contributed by atoms with Crippen molar-refractivity contribution >= 4 is 76.6 Å². The first kappa shape index (κ1) is 27.5. The van der Waals surface area contributed by atoms with Gasteiger partial charge in [-0.2, -0.15) is 0 Å². The predicted molar refractivity (Wildman–Crippen MR) is 210 cm³/mol. The second-order valence-electron chi connectivity index (χ2n) is 13.5. The van der Waals surface area contributed by atoms with Crippen molar-refractivity contribution in [1.82, 2.24) is 9.55 Å². The molecule has 234 valence electrons. The van der Waals surface area contributed by atoms with Crippen LogP contribution in [0.3, 0.4) is 0 Å². The second kappa shape index (κ2) is 10.5. The number of rotatable bonds is 3. The molecule has 50 heavy (non-hydrogen) atoms. The SMILES string of the molecule is C1=C(c2ccc3c(c2)c2ccccc2n3-c2ccc3c4ccccc4c4ccccc4c3c2)CC2C(=C1)c1ccccc1N2c1ccncc1. The van der Waals surface area contributed by atoms with Crippen molar-refractivity contribution in [2.24, 2.45) is 0 Å². The number of hydrogen-bond acceptors (Lipinski definition) is 2. The number of allylic oxidation sites excluding steroid dienone is 2. The summed E-state index contributed by atoms with van der Waals surface area (Å²) in [4.78, 5) is 6.80. The molecular weight excluding hydrogens is 607 g/mol. The lowest BCUT2D eigenvalue weighted by Crippen LogP contribution is -2.28. The summed E-state index contributed by atoms with van der Waals surface area (Å²) in [6.45, 7) is 0. The molecule has 9 aromatic rings. The minimum atomic E-state index is 0.232. The minimum Gasteiger partial charge on any atom is -0.333 e. The fourth-order valence-corrected chi connectivity index (χ4v) is 8.81. The summed E-state index contributed by atoms with van der Waals surface area (Å²) >= 11 is 0. The van der Waals surface area contributed by atoms with Gasteiger partial charge in [-0.1, -0.05) is 109 Å². The molecule has 3 heterocycles. The Bertz CT molecular complexity index is 2880. The molecule has 0 N–H and O–H groups in total. The van der Waals surface area contributed by atoms with E-state index in [1.165, 1.54) is 93.5 Å². The van der Waals surface area contributed by atoms with Gasteiger partial charge in [-0.15, -0.1) is 0 Å². The highest BCUT2D eigenvalue weighted by molar-refractivity contribution is 6.25. The Hall–Kier alpha value is -6.45. The molecule has 1 unspecified atom stereocenters. The highest BCUT2D eigenvalue weighted by atomic mass is 15.2. The van der Waals surface area contributed by atoms with Crippen LogP contribution in [0.1, 0.15) is 17.5 Å². The van der Waals surface area contributed by atoms with Gasteiger partial charge < -0.3 is 9.47 Å². The third kappa shape index (κ3) is 3.89. The Kier molecular flexibility index (Phi) is 5.79. The number of anilines is 2. The van der Waals surface area contributed by atoms with Crippen molar-refractivity contribution < 1.29 is 0 Å². The Balaban J connectivity index is 1.07. The fourth-order valence-electron chi connectivity index (χ4n) is 8.81. The average Bonchev–Trinajstić information content (AvgIpc) is 3.70. The second-order valence-corrected chi connectivity index (χ2v) is 13.5. The lowest BCUT2D eigenvalue weighted by Gasteiger charge is -2.30. The molecule has 2 aliphatic rings. The van der Waals surface area contributed by atoms with E-state index in [0.29, 0.717) is 0 Å². The van der Waals surface area contributed by atoms with Gasteiger partial charge >= 0.3 is 0 Å². The third-order valence-electron chi connectivity index (χ3n) is 11.0. The maximum absolute atomic E-state index is 4.30. The van der Waals surface area contributed by atoms with Crippen molar-refractivity contribution in [3.8, 4) is 5.69 Å². The van der Waals surface area contributed by atoms with Crippen LogP contribution in [0.4, 0.5) is 11.4 Å². The molecule has 3 nitrogen and oxygen atoms in total. The smallest absolute Gasteiger partial charge is 0.0638 e. The molecule has 3 heteroatoms. The molecule has 0 bridgehead atoms. The molecule has 1 aliphatic heterocycles. The van der Waals surface area contributed by atoms with Crippen LogP contribution in [0, 0.1) is 0 Å². The van der Waals surface area contributed by atoms with E-state index in [2.05, 4.69) is 172 Å². The van der Waals surface area contributed by atoms with E-state index in [1.807, 2.05) is 12.4 Å². The quantitative estimate of drug-likeness (QED) is 0.180. The van der Waals surface area contributed by atoms with Crippen LogP contribution < -0.4 is 4.90 Å². The number of fused-ring (bicyclic) bond motifs is 12. The number of benzene rings is 7. The van der Waals surface area contributed by atoms with E-state index in [9.17, 15) is 0 Å². The highest BCUT2D eigenvalue weighted by Crippen LogP contribution is 2.49. The minimum absolute atomic E-state index is 0.232. The number of hydrogen-bond donors (Lipinski definition) is 0. The number of pyridine rings is 1. The Morgan fingerprint density at radius 1 is 0.480 bits per heavy atom. The van der Waals surface area contributed by atoms with E-state index < -0.39 is 0 Å². The molecular formula is C47H31N3. The molecule has 11 rings (SSSR count). The summed E-state index contributed by atoms with van der Waals surface area (Å²) in [6, 6.07) is 53.8. The van der Waals surface area contributed by atoms with Crippen LogP contribution in [0.25, 0.3) is 71.0 Å². The summed E-state index contributed by atoms with van der Waals surface area (Å²) in [5.41, 5.74) is 11.4. The first-order valence-electron chi connectivity index (χ1n) is 17.4. The van der Waals surface area contributed by atoms with Gasteiger partial charge in [-0.05, 0) is 104 Å². The normalized spacial score (nSPS) is 15.5. The van der Waals surface area contributed by atoms with Crippen molar-refractivity contribution in [2.45, 2.75) is 12.5 Å². The highest BCUT2D eigenvalue weighted by Gasteiger charge is 2.36. The van der Waals surface area contributed by atoms with Crippen LogP contribution in [0.15, 0.2) is 170 Å². The van der Waals surface area contributed by atoms with Gasteiger partial charge in [0, 0.05) is 45.8 Å². The fraction of sp³-hybridized carbons (Fsp3) is 0.0426. The summed E-state index contributed by atoms with van der Waals surface area (Å²) in [5.74, 6) is 0. The molecule has 0 spiro atoms. The first-order chi connectivity index (χ1) is 24.8. The number of aromatic nitrogens is 2. The Morgan fingerprint density at radius 3 is 1.90 bits per heavy atom. The largest absolute Gasteiger partial charge is 0.333 e. The van der Waals surface area contributed by atoms with Crippen molar-refractivity contribution in [3.63, 3.8) is 0 Å². The third-order valence-corrected chi connectivity index (χ3v) is 11.0. The standard InChI is InChI=1S/C47H31N3/c1-2-11-36-34(9-1)35-10-3-4-12-37(35)42-29-33(19-21-38(36)42)50-45-16-8-6-14-40(45)43-27-30(18-22-46(43)50)31-17-20-41-39-13-5-7-15-44(39)49(47(41)28-31)32-23-25-48-26-24-32/h1-27,29,47H,28H2. The van der Waals surface area contributed by atoms with Crippen molar-refractivity contribution in [1.29, 1.82) is 0 Å². The van der Waals surface area contributed by atoms with Gasteiger partial charge in [0.25, 0.3) is 0 Å². The Morgan fingerprint density at radius 2 is 1.12 bits per heavy atom. The van der Waals surface area contributed by atoms with Gasteiger partial charge in [0.15, 0.2) is 0 Å². The molecule has 0 saturated carbocycles.